The van der Waals surface area contributed by atoms with Crippen molar-refractivity contribution in [1.29, 1.82) is 0 Å². The van der Waals surface area contributed by atoms with E-state index in [0.717, 1.165) is 45.4 Å². The van der Waals surface area contributed by atoms with Gasteiger partial charge >= 0.3 is 0 Å². The number of hydrogen-bond acceptors (Lipinski definition) is 3. The van der Waals surface area contributed by atoms with Crippen molar-refractivity contribution in [2.75, 3.05) is 18.4 Å². The summed E-state index contributed by atoms with van der Waals surface area (Å²) in [5.41, 5.74) is 12.6. The normalized spacial score (nSPS) is 16.6. The van der Waals surface area contributed by atoms with Crippen LogP contribution in [0.4, 0.5) is 10.1 Å². The molecule has 2 aromatic carbocycles. The van der Waals surface area contributed by atoms with Crippen LogP contribution in [0.1, 0.15) is 39.2 Å². The number of amides is 1. The van der Waals surface area contributed by atoms with Crippen LogP contribution in [0.5, 0.6) is 0 Å². The van der Waals surface area contributed by atoms with Crippen LogP contribution in [0.25, 0.3) is 10.9 Å². The van der Waals surface area contributed by atoms with E-state index in [1.807, 2.05) is 30.9 Å². The Morgan fingerprint density at radius 2 is 2.07 bits per heavy atom. The van der Waals surface area contributed by atoms with Crippen LogP contribution in [-0.2, 0) is 6.54 Å². The standard InChI is InChI=1S/C23H27FN4O/c1-13-8-18(24)5-4-16(13)11-26-21-10-17(23(29)28-7-6-19(25)12-28)9-20-14(2)15(3)27-22(20)21/h4-5,8-10,19,26-27H,6-7,11-12,25H2,1-3H3. The Hall–Kier alpha value is -2.86. The van der Waals surface area contributed by atoms with Gasteiger partial charge in [-0.2, -0.15) is 0 Å². The molecule has 1 atom stereocenters. The molecule has 1 saturated heterocycles. The topological polar surface area (TPSA) is 74.2 Å². The number of aromatic amines is 1. The minimum atomic E-state index is -0.235. The molecule has 0 aliphatic carbocycles. The van der Waals surface area contributed by atoms with E-state index in [0.29, 0.717) is 25.2 Å². The number of nitrogens with one attached hydrogen (secondary N) is 2. The van der Waals surface area contributed by atoms with Gasteiger partial charge in [0.15, 0.2) is 0 Å². The largest absolute Gasteiger partial charge is 0.379 e. The second-order valence-electron chi connectivity index (χ2n) is 8.05. The van der Waals surface area contributed by atoms with Gasteiger partial charge in [-0.3, -0.25) is 4.79 Å². The summed E-state index contributed by atoms with van der Waals surface area (Å²) in [4.78, 5) is 18.3. The van der Waals surface area contributed by atoms with Crippen LogP contribution in [0.3, 0.4) is 0 Å². The van der Waals surface area contributed by atoms with Crippen molar-refractivity contribution in [2.45, 2.75) is 39.8 Å². The third kappa shape index (κ3) is 3.72. The molecule has 1 unspecified atom stereocenters. The number of nitrogens with zero attached hydrogens (tertiary/aromatic N) is 1. The first-order chi connectivity index (χ1) is 13.8. The van der Waals surface area contributed by atoms with Crippen LogP contribution in [0.2, 0.25) is 0 Å². The van der Waals surface area contributed by atoms with E-state index in [2.05, 4.69) is 17.2 Å². The second kappa shape index (κ2) is 7.52. The highest BCUT2D eigenvalue weighted by atomic mass is 19.1. The van der Waals surface area contributed by atoms with Gasteiger partial charge in [0.1, 0.15) is 5.82 Å². The lowest BCUT2D eigenvalue weighted by atomic mass is 10.1. The lowest BCUT2D eigenvalue weighted by Gasteiger charge is -2.17. The Balaban J connectivity index is 1.69. The summed E-state index contributed by atoms with van der Waals surface area (Å²) in [7, 11) is 0. The van der Waals surface area contributed by atoms with Gasteiger partial charge < -0.3 is 20.9 Å². The second-order valence-corrected chi connectivity index (χ2v) is 8.05. The molecule has 1 aliphatic heterocycles. The van der Waals surface area contributed by atoms with Gasteiger partial charge in [0.25, 0.3) is 5.91 Å². The van der Waals surface area contributed by atoms with Crippen LogP contribution < -0.4 is 11.1 Å². The molecule has 1 amide bonds. The number of hydrogen-bond donors (Lipinski definition) is 3. The zero-order valence-corrected chi connectivity index (χ0v) is 17.1. The lowest BCUT2D eigenvalue weighted by Crippen LogP contribution is -2.31. The fourth-order valence-corrected chi connectivity index (χ4v) is 4.02. The fraction of sp³-hybridized carbons (Fsp3) is 0.348. The Morgan fingerprint density at radius 1 is 1.28 bits per heavy atom. The van der Waals surface area contributed by atoms with Crippen molar-refractivity contribution in [1.82, 2.24) is 9.88 Å². The molecule has 2 heterocycles. The van der Waals surface area contributed by atoms with Crippen LogP contribution in [0, 0.1) is 26.6 Å². The van der Waals surface area contributed by atoms with E-state index in [1.165, 1.54) is 12.1 Å². The molecule has 4 rings (SSSR count). The van der Waals surface area contributed by atoms with Crippen molar-refractivity contribution >= 4 is 22.5 Å². The summed E-state index contributed by atoms with van der Waals surface area (Å²) in [6, 6.07) is 8.72. The molecule has 4 N–H and O–H groups in total. The van der Waals surface area contributed by atoms with E-state index >= 15 is 0 Å². The molecule has 0 bridgehead atoms. The van der Waals surface area contributed by atoms with Crippen molar-refractivity contribution in [3.63, 3.8) is 0 Å². The van der Waals surface area contributed by atoms with Gasteiger partial charge in [-0.25, -0.2) is 4.39 Å². The Kier molecular flexibility index (Phi) is 5.04. The molecule has 3 aromatic rings. The molecular formula is C23H27FN4O. The van der Waals surface area contributed by atoms with Gasteiger partial charge in [0, 0.05) is 42.3 Å². The number of likely N-dealkylation sites (tertiary alicyclic amines) is 1. The van der Waals surface area contributed by atoms with E-state index in [9.17, 15) is 9.18 Å². The number of aromatic nitrogens is 1. The minimum Gasteiger partial charge on any atom is -0.379 e. The zero-order chi connectivity index (χ0) is 20.7. The number of benzene rings is 2. The number of anilines is 1. The predicted octanol–water partition coefficient (Wildman–Crippen LogP) is 4.02. The molecule has 0 spiro atoms. The van der Waals surface area contributed by atoms with Crippen LogP contribution in [-0.4, -0.2) is 34.9 Å². The summed E-state index contributed by atoms with van der Waals surface area (Å²) in [5.74, 6) is -0.222. The Morgan fingerprint density at radius 3 is 2.76 bits per heavy atom. The predicted molar refractivity (Wildman–Crippen MR) is 115 cm³/mol. The molecule has 5 nitrogen and oxygen atoms in total. The summed E-state index contributed by atoms with van der Waals surface area (Å²) < 4.78 is 13.4. The van der Waals surface area contributed by atoms with Gasteiger partial charge in [0.05, 0.1) is 11.2 Å². The van der Waals surface area contributed by atoms with Crippen LogP contribution in [0.15, 0.2) is 30.3 Å². The zero-order valence-electron chi connectivity index (χ0n) is 17.1. The van der Waals surface area contributed by atoms with Gasteiger partial charge in [-0.1, -0.05) is 6.07 Å². The van der Waals surface area contributed by atoms with E-state index in [4.69, 9.17) is 5.73 Å². The number of carbonyl (C=O) groups excluding carboxylic acids is 1. The molecule has 0 saturated carbocycles. The number of nitrogens with two attached hydrogens (primary N) is 1. The summed E-state index contributed by atoms with van der Waals surface area (Å²) >= 11 is 0. The molecule has 152 valence electrons. The quantitative estimate of drug-likeness (QED) is 0.626. The SMILES string of the molecule is Cc1cc(F)ccc1CNc1cc(C(=O)N2CCC(N)C2)cc2c(C)c(C)[nH]c12. The lowest BCUT2D eigenvalue weighted by molar-refractivity contribution is 0.0791. The fourth-order valence-electron chi connectivity index (χ4n) is 4.02. The number of rotatable bonds is 4. The average molecular weight is 394 g/mol. The van der Waals surface area contributed by atoms with Gasteiger partial charge in [-0.15, -0.1) is 0 Å². The maximum absolute atomic E-state index is 13.4. The van der Waals surface area contributed by atoms with Crippen molar-refractivity contribution in [2.24, 2.45) is 5.73 Å². The first-order valence-corrected chi connectivity index (χ1v) is 10.00. The number of fused-ring (bicyclic) bond motifs is 1. The molecule has 1 aliphatic rings. The van der Waals surface area contributed by atoms with Crippen molar-refractivity contribution < 1.29 is 9.18 Å². The molecule has 0 radical (unpaired) electrons. The Bertz CT molecular complexity index is 1090. The molecule has 6 heteroatoms. The van der Waals surface area contributed by atoms with Crippen LogP contribution >= 0.6 is 0 Å². The van der Waals surface area contributed by atoms with Gasteiger partial charge in [-0.05, 0) is 68.1 Å². The minimum absolute atomic E-state index is 0.0131. The summed E-state index contributed by atoms with van der Waals surface area (Å²) in [6.45, 7) is 7.83. The third-order valence-electron chi connectivity index (χ3n) is 5.95. The highest BCUT2D eigenvalue weighted by Gasteiger charge is 2.25. The summed E-state index contributed by atoms with van der Waals surface area (Å²) in [6.07, 6.45) is 0.839. The molecule has 1 fully saturated rings. The molecule has 1 aromatic heterocycles. The van der Waals surface area contributed by atoms with Gasteiger partial charge in [0.2, 0.25) is 0 Å². The monoisotopic (exact) mass is 394 g/mol. The highest BCUT2D eigenvalue weighted by molar-refractivity contribution is 6.03. The Labute approximate surface area is 170 Å². The number of H-pyrrole nitrogens is 1. The summed E-state index contributed by atoms with van der Waals surface area (Å²) in [5, 5.41) is 4.49. The van der Waals surface area contributed by atoms with E-state index < -0.39 is 0 Å². The maximum atomic E-state index is 13.4. The number of carbonyl (C=O) groups is 1. The van der Waals surface area contributed by atoms with E-state index in [-0.39, 0.29) is 17.8 Å². The maximum Gasteiger partial charge on any atom is 0.254 e. The van der Waals surface area contributed by atoms with E-state index in [1.54, 1.807) is 6.07 Å². The number of halogens is 1. The number of aryl methyl sites for hydroxylation is 3. The first kappa shape index (κ1) is 19.5. The average Bonchev–Trinajstić information content (AvgIpc) is 3.24. The first-order valence-electron chi connectivity index (χ1n) is 10.00. The van der Waals surface area contributed by atoms with Crippen molar-refractivity contribution in [3.8, 4) is 0 Å². The van der Waals surface area contributed by atoms with Crippen molar-refractivity contribution in [3.05, 3.63) is 64.1 Å². The molecule has 29 heavy (non-hydrogen) atoms. The molecular weight excluding hydrogens is 367 g/mol. The highest BCUT2D eigenvalue weighted by Crippen LogP contribution is 2.31. The third-order valence-corrected chi connectivity index (χ3v) is 5.95. The smallest absolute Gasteiger partial charge is 0.254 e.